The zero-order chi connectivity index (χ0) is 33.8. The first-order valence-corrected chi connectivity index (χ1v) is 15.8. The van der Waals surface area contributed by atoms with E-state index in [1.807, 2.05) is 0 Å². The van der Waals surface area contributed by atoms with Crippen LogP contribution in [0.15, 0.2) is 76.0 Å². The Kier molecular flexibility index (Phi) is 11.2. The quantitative estimate of drug-likeness (QED) is 0.124. The topological polar surface area (TPSA) is 101 Å². The summed E-state index contributed by atoms with van der Waals surface area (Å²) in [4.78, 5) is 35.1. The molecular weight excluding hydrogens is 640 g/mol. The fourth-order valence-electron chi connectivity index (χ4n) is 5.31. The molecule has 0 radical (unpaired) electrons. The van der Waals surface area contributed by atoms with Crippen LogP contribution in [0.3, 0.4) is 0 Å². The number of benzene rings is 2. The maximum Gasteiger partial charge on any atom is 0.286 e. The molecule has 2 aromatic rings. The molecule has 0 spiro atoms. The number of halogens is 3. The molecule has 2 amide bonds. The number of allylic oxidation sites excluding steroid dienone is 2. The van der Waals surface area contributed by atoms with Gasteiger partial charge in [0.15, 0.2) is 0 Å². The van der Waals surface area contributed by atoms with E-state index in [0.717, 1.165) is 30.5 Å². The third kappa shape index (κ3) is 7.59. The molecule has 0 bridgehead atoms. The van der Waals surface area contributed by atoms with Gasteiger partial charge < -0.3 is 29.7 Å². The lowest BCUT2D eigenvalue weighted by atomic mass is 9.94. The Bertz CT molecular complexity index is 1620. The van der Waals surface area contributed by atoms with Gasteiger partial charge >= 0.3 is 0 Å². The van der Waals surface area contributed by atoms with Gasteiger partial charge in [0.2, 0.25) is 0 Å². The highest BCUT2D eigenvalue weighted by Crippen LogP contribution is 2.43. The number of hydrogen-bond donors (Lipinski definition) is 2. The van der Waals surface area contributed by atoms with Crippen molar-refractivity contribution < 1.29 is 37.0 Å². The monoisotopic (exact) mass is 676 g/mol. The molecule has 2 aliphatic heterocycles. The maximum atomic E-state index is 14.0. The molecular formula is C32H36F3N4O5PS. The molecule has 14 heteroatoms. The van der Waals surface area contributed by atoms with E-state index < -0.39 is 28.9 Å². The van der Waals surface area contributed by atoms with E-state index in [2.05, 4.69) is 29.0 Å². The van der Waals surface area contributed by atoms with E-state index in [0.29, 0.717) is 34.7 Å². The molecule has 2 heterocycles. The zero-order valence-corrected chi connectivity index (χ0v) is 28.1. The van der Waals surface area contributed by atoms with Crippen molar-refractivity contribution in [3.05, 3.63) is 83.0 Å². The van der Waals surface area contributed by atoms with E-state index in [1.54, 1.807) is 26.2 Å². The Morgan fingerprint density at radius 3 is 2.59 bits per heavy atom. The third-order valence-corrected chi connectivity index (χ3v) is 8.92. The maximum absolute atomic E-state index is 14.0. The van der Waals surface area contributed by atoms with Crippen molar-refractivity contribution in [1.82, 2.24) is 10.2 Å². The van der Waals surface area contributed by atoms with Gasteiger partial charge in [-0.1, -0.05) is 21.9 Å². The molecule has 1 saturated heterocycles. The van der Waals surface area contributed by atoms with Crippen molar-refractivity contribution in [1.29, 1.82) is 0 Å². The minimum Gasteiger partial charge on any atom is -0.497 e. The number of hydrogen-bond acceptors (Lipinski definition) is 8. The summed E-state index contributed by atoms with van der Waals surface area (Å²) in [5, 5.41) is 5.27. The first-order valence-electron chi connectivity index (χ1n) is 14.2. The van der Waals surface area contributed by atoms with Crippen molar-refractivity contribution in [2.75, 3.05) is 39.0 Å². The highest BCUT2D eigenvalue weighted by atomic mass is 32.2. The van der Waals surface area contributed by atoms with Crippen LogP contribution in [0.4, 0.5) is 24.5 Å². The van der Waals surface area contributed by atoms with Crippen LogP contribution < -0.4 is 15.4 Å². The molecule has 246 valence electrons. The zero-order valence-electron chi connectivity index (χ0n) is 26.1. The summed E-state index contributed by atoms with van der Waals surface area (Å²) < 4.78 is 57.9. The molecule has 0 aromatic heterocycles. The van der Waals surface area contributed by atoms with Gasteiger partial charge in [0.25, 0.3) is 17.5 Å². The largest absolute Gasteiger partial charge is 0.497 e. The minimum absolute atomic E-state index is 0.0111. The van der Waals surface area contributed by atoms with Gasteiger partial charge in [-0.15, -0.1) is 11.8 Å². The number of aliphatic imine (C=N–C) groups is 1. The first kappa shape index (κ1) is 35.1. The summed E-state index contributed by atoms with van der Waals surface area (Å²) in [6, 6.07) is 6.82. The molecule has 0 saturated carbocycles. The summed E-state index contributed by atoms with van der Waals surface area (Å²) >= 11 is 1.45. The SMILES string of the molecule is C=C(/C=C(NC(=O)c1c(OC)ccc2c1SCC(N1C(C)CC1COC)=N2)\C(=C/C)C(=O)Nc1ccc(F)c(C(F)(F)P)c1)OC. The number of anilines is 1. The number of likely N-dealkylation sites (tertiary alicyclic amines) is 1. The van der Waals surface area contributed by atoms with E-state index in [9.17, 15) is 22.8 Å². The Labute approximate surface area is 272 Å². The molecule has 9 nitrogen and oxygen atoms in total. The van der Waals surface area contributed by atoms with Crippen molar-refractivity contribution in [2.24, 2.45) is 4.99 Å². The number of rotatable bonds is 11. The van der Waals surface area contributed by atoms with Gasteiger partial charge in [-0.3, -0.25) is 9.59 Å². The lowest BCUT2D eigenvalue weighted by Gasteiger charge is -2.49. The average Bonchev–Trinajstić information content (AvgIpc) is 3.00. The van der Waals surface area contributed by atoms with Gasteiger partial charge in [0.05, 0.1) is 65.6 Å². The van der Waals surface area contributed by atoms with E-state index in [-0.39, 0.29) is 34.3 Å². The normalized spacial score (nSPS) is 18.2. The summed E-state index contributed by atoms with van der Waals surface area (Å²) in [6.45, 7) is 8.05. The molecule has 3 unspecified atom stereocenters. The van der Waals surface area contributed by atoms with Crippen LogP contribution >= 0.6 is 21.0 Å². The fourth-order valence-corrected chi connectivity index (χ4v) is 6.62. The van der Waals surface area contributed by atoms with Crippen molar-refractivity contribution in [2.45, 2.75) is 42.9 Å². The second-order valence-electron chi connectivity index (χ2n) is 10.6. The summed E-state index contributed by atoms with van der Waals surface area (Å²) in [6.07, 6.45) is 3.77. The molecule has 4 rings (SSSR count). The van der Waals surface area contributed by atoms with Gasteiger partial charge in [-0.05, 0) is 50.6 Å². The molecule has 2 aliphatic rings. The van der Waals surface area contributed by atoms with Crippen molar-refractivity contribution in [3.8, 4) is 5.75 Å². The van der Waals surface area contributed by atoms with Crippen LogP contribution in [0.1, 0.15) is 36.2 Å². The second-order valence-corrected chi connectivity index (χ2v) is 12.3. The predicted molar refractivity (Wildman–Crippen MR) is 176 cm³/mol. The smallest absolute Gasteiger partial charge is 0.286 e. The van der Waals surface area contributed by atoms with Crippen LogP contribution in [0.2, 0.25) is 0 Å². The number of methoxy groups -OCH3 is 3. The molecule has 3 atom stereocenters. The second kappa shape index (κ2) is 14.7. The van der Waals surface area contributed by atoms with Crippen LogP contribution in [-0.4, -0.2) is 68.3 Å². The van der Waals surface area contributed by atoms with Crippen LogP contribution in [-0.2, 0) is 19.9 Å². The van der Waals surface area contributed by atoms with Crippen molar-refractivity contribution in [3.63, 3.8) is 0 Å². The number of alkyl halides is 2. The van der Waals surface area contributed by atoms with Crippen LogP contribution in [0.5, 0.6) is 5.75 Å². The number of fused-ring (bicyclic) bond motifs is 1. The van der Waals surface area contributed by atoms with Crippen LogP contribution in [0.25, 0.3) is 0 Å². The Morgan fingerprint density at radius 1 is 1.24 bits per heavy atom. The number of thioether (sulfide) groups is 1. The van der Waals surface area contributed by atoms with E-state index >= 15 is 0 Å². The number of nitrogens with zero attached hydrogens (tertiary/aromatic N) is 2. The Hall–Kier alpha value is -3.80. The molecule has 0 aliphatic carbocycles. The number of amidine groups is 1. The standard InChI is InChI=1S/C32H36F3N4O5PS/c1-7-21(30(40)36-19-8-9-23(33)22(14-19)32(34,35)45)25(13-18(3)43-5)38-31(41)28-26(44-6)11-10-24-29(28)46-16-27(37-24)39-17(2)12-20(39)15-42-4/h7-11,13-14,17,20H,3,12,15-16,45H2,1-2,4-6H3,(H,36,40)(H,38,41)/b21-7+,25-13+. The number of carbonyl (C=O) groups excluding carboxylic acids is 2. The van der Waals surface area contributed by atoms with Gasteiger partial charge in [0.1, 0.15) is 23.2 Å². The van der Waals surface area contributed by atoms with Crippen molar-refractivity contribution >= 4 is 50.0 Å². The highest BCUT2D eigenvalue weighted by molar-refractivity contribution is 8.00. The summed E-state index contributed by atoms with van der Waals surface area (Å²) in [5.41, 5.74) is -3.75. The molecule has 2 aromatic carbocycles. The predicted octanol–water partition coefficient (Wildman–Crippen LogP) is 6.36. The Balaban J connectivity index is 1.66. The van der Waals surface area contributed by atoms with Crippen LogP contribution in [0, 0.1) is 5.82 Å². The van der Waals surface area contributed by atoms with Gasteiger partial charge in [-0.25, -0.2) is 9.38 Å². The number of ether oxygens (including phenoxy) is 3. The molecule has 46 heavy (non-hydrogen) atoms. The number of carbonyl (C=O) groups is 2. The average molecular weight is 677 g/mol. The van der Waals surface area contributed by atoms with E-state index in [4.69, 9.17) is 19.2 Å². The minimum atomic E-state index is -3.56. The number of amides is 2. The Morgan fingerprint density at radius 2 is 1.98 bits per heavy atom. The van der Waals surface area contributed by atoms with Gasteiger partial charge in [-0.2, -0.15) is 8.78 Å². The molecule has 1 fully saturated rings. The lowest BCUT2D eigenvalue weighted by Crippen LogP contribution is -2.59. The lowest BCUT2D eigenvalue weighted by molar-refractivity contribution is -0.112. The van der Waals surface area contributed by atoms with E-state index in [1.165, 1.54) is 47.4 Å². The number of nitrogens with one attached hydrogen (secondary N) is 2. The highest BCUT2D eigenvalue weighted by Gasteiger charge is 2.39. The van der Waals surface area contributed by atoms with Gasteiger partial charge in [0, 0.05) is 24.9 Å². The first-order chi connectivity index (χ1) is 21.8. The summed E-state index contributed by atoms with van der Waals surface area (Å²) in [5.74, 6) is -0.656. The third-order valence-electron chi connectivity index (χ3n) is 7.50. The summed E-state index contributed by atoms with van der Waals surface area (Å²) in [7, 11) is 5.75. The molecule has 2 N–H and O–H groups in total. The fraction of sp³-hybridized carbons (Fsp3) is 0.344.